The van der Waals surface area contributed by atoms with Gasteiger partial charge in [-0.1, -0.05) is 19.1 Å². The van der Waals surface area contributed by atoms with Crippen LogP contribution in [0.5, 0.6) is 11.5 Å². The van der Waals surface area contributed by atoms with Crippen LogP contribution >= 0.6 is 0 Å². The van der Waals surface area contributed by atoms with E-state index >= 15 is 0 Å². The van der Waals surface area contributed by atoms with Crippen molar-refractivity contribution in [2.75, 3.05) is 20.3 Å². The highest BCUT2D eigenvalue weighted by Gasteiger charge is 2.10. The molecular weight excluding hydrogens is 234 g/mol. The molecule has 0 aliphatic heterocycles. The van der Waals surface area contributed by atoms with Crippen LogP contribution in [0.3, 0.4) is 0 Å². The highest BCUT2D eigenvalue weighted by atomic mass is 16.5. The van der Waals surface area contributed by atoms with Crippen LogP contribution in [0.1, 0.15) is 13.3 Å². The molecule has 0 aromatic heterocycles. The number of carbonyl (C=O) groups excluding carboxylic acids is 1. The summed E-state index contributed by atoms with van der Waals surface area (Å²) in [4.78, 5) is 11.6. The van der Waals surface area contributed by atoms with Crippen molar-refractivity contribution in [2.24, 2.45) is 0 Å². The number of rotatable bonds is 7. The zero-order valence-electron chi connectivity index (χ0n) is 10.7. The van der Waals surface area contributed by atoms with Crippen LogP contribution < -0.4 is 14.8 Å². The quantitative estimate of drug-likeness (QED) is 0.759. The third kappa shape index (κ3) is 4.25. The molecule has 0 radical (unpaired) electrons. The number of aliphatic hydroxyl groups excluding tert-OH is 1. The molecule has 0 saturated heterocycles. The standard InChI is InChI=1S/C13H19NO4/c1-3-10(8-15)14-13(16)9-18-12-7-5-4-6-11(12)17-2/h4-7,10,15H,3,8-9H2,1-2H3,(H,14,16)/t10-/m1/s1. The van der Waals surface area contributed by atoms with Gasteiger partial charge in [-0.05, 0) is 18.6 Å². The average molecular weight is 253 g/mol. The van der Waals surface area contributed by atoms with E-state index in [4.69, 9.17) is 14.6 Å². The first kappa shape index (κ1) is 14.3. The molecule has 0 spiro atoms. The van der Waals surface area contributed by atoms with Crippen LogP contribution in [0.2, 0.25) is 0 Å². The van der Waals surface area contributed by atoms with Crippen molar-refractivity contribution in [1.29, 1.82) is 0 Å². The molecule has 0 heterocycles. The minimum Gasteiger partial charge on any atom is -0.493 e. The van der Waals surface area contributed by atoms with Crippen LogP contribution in [0.15, 0.2) is 24.3 Å². The molecule has 5 nitrogen and oxygen atoms in total. The van der Waals surface area contributed by atoms with Gasteiger partial charge in [-0.3, -0.25) is 4.79 Å². The summed E-state index contributed by atoms with van der Waals surface area (Å²) in [6, 6.07) is 6.90. The van der Waals surface area contributed by atoms with Crippen LogP contribution in [-0.4, -0.2) is 37.4 Å². The number of carbonyl (C=O) groups is 1. The van der Waals surface area contributed by atoms with E-state index in [1.807, 2.05) is 13.0 Å². The van der Waals surface area contributed by atoms with Crippen molar-refractivity contribution in [3.05, 3.63) is 24.3 Å². The number of amides is 1. The first-order valence-corrected chi connectivity index (χ1v) is 5.87. The molecule has 0 fully saturated rings. The molecule has 1 aromatic rings. The van der Waals surface area contributed by atoms with Crippen molar-refractivity contribution in [3.8, 4) is 11.5 Å². The smallest absolute Gasteiger partial charge is 0.258 e. The maximum absolute atomic E-state index is 11.6. The molecule has 0 saturated carbocycles. The third-order valence-electron chi connectivity index (χ3n) is 2.51. The molecule has 0 aliphatic rings. The summed E-state index contributed by atoms with van der Waals surface area (Å²) >= 11 is 0. The van der Waals surface area contributed by atoms with Gasteiger partial charge in [0.25, 0.3) is 5.91 Å². The second kappa shape index (κ2) is 7.55. The van der Waals surface area contributed by atoms with Gasteiger partial charge in [0.2, 0.25) is 0 Å². The summed E-state index contributed by atoms with van der Waals surface area (Å²) in [7, 11) is 1.54. The Morgan fingerprint density at radius 3 is 2.61 bits per heavy atom. The summed E-state index contributed by atoms with van der Waals surface area (Å²) in [5, 5.41) is 11.6. The van der Waals surface area contributed by atoms with Crippen molar-refractivity contribution >= 4 is 5.91 Å². The molecule has 1 rings (SSSR count). The van der Waals surface area contributed by atoms with E-state index in [9.17, 15) is 4.79 Å². The van der Waals surface area contributed by atoms with Gasteiger partial charge in [0.15, 0.2) is 18.1 Å². The Bertz CT molecular complexity index is 377. The number of hydrogen-bond donors (Lipinski definition) is 2. The Hall–Kier alpha value is -1.75. The number of nitrogens with one attached hydrogen (secondary N) is 1. The van der Waals surface area contributed by atoms with Crippen LogP contribution in [-0.2, 0) is 4.79 Å². The lowest BCUT2D eigenvalue weighted by atomic mass is 10.2. The van der Waals surface area contributed by atoms with E-state index in [0.29, 0.717) is 17.9 Å². The summed E-state index contributed by atoms with van der Waals surface area (Å²) in [6.45, 7) is 1.72. The van der Waals surface area contributed by atoms with Gasteiger partial charge in [-0.25, -0.2) is 0 Å². The fraction of sp³-hybridized carbons (Fsp3) is 0.462. The molecule has 18 heavy (non-hydrogen) atoms. The molecule has 5 heteroatoms. The van der Waals surface area contributed by atoms with Crippen LogP contribution in [0.25, 0.3) is 0 Å². The molecule has 1 aromatic carbocycles. The van der Waals surface area contributed by atoms with E-state index in [0.717, 1.165) is 0 Å². The largest absolute Gasteiger partial charge is 0.493 e. The zero-order valence-corrected chi connectivity index (χ0v) is 10.7. The first-order chi connectivity index (χ1) is 8.71. The van der Waals surface area contributed by atoms with Gasteiger partial charge >= 0.3 is 0 Å². The fourth-order valence-electron chi connectivity index (χ4n) is 1.43. The maximum atomic E-state index is 11.6. The van der Waals surface area contributed by atoms with Gasteiger partial charge in [0.05, 0.1) is 19.8 Å². The molecule has 1 atom stereocenters. The van der Waals surface area contributed by atoms with Crippen molar-refractivity contribution < 1.29 is 19.4 Å². The molecule has 100 valence electrons. The Labute approximate surface area is 107 Å². The van der Waals surface area contributed by atoms with Gasteiger partial charge < -0.3 is 19.9 Å². The Morgan fingerprint density at radius 1 is 1.39 bits per heavy atom. The number of benzene rings is 1. The second-order valence-corrected chi connectivity index (χ2v) is 3.79. The molecule has 2 N–H and O–H groups in total. The van der Waals surface area contributed by atoms with Crippen molar-refractivity contribution in [3.63, 3.8) is 0 Å². The predicted octanol–water partition coefficient (Wildman–Crippen LogP) is 0.961. The summed E-state index contributed by atoms with van der Waals surface area (Å²) < 4.78 is 10.5. The minimum absolute atomic E-state index is 0.0725. The van der Waals surface area contributed by atoms with Crippen molar-refractivity contribution in [1.82, 2.24) is 5.32 Å². The first-order valence-electron chi connectivity index (χ1n) is 5.87. The SMILES string of the molecule is CC[C@H](CO)NC(=O)COc1ccccc1OC. The number of methoxy groups -OCH3 is 1. The molecule has 0 bridgehead atoms. The molecule has 0 unspecified atom stereocenters. The van der Waals surface area contributed by atoms with Gasteiger partial charge in [0.1, 0.15) is 0 Å². The Morgan fingerprint density at radius 2 is 2.06 bits per heavy atom. The highest BCUT2D eigenvalue weighted by molar-refractivity contribution is 5.77. The van der Waals surface area contributed by atoms with Crippen molar-refractivity contribution in [2.45, 2.75) is 19.4 Å². The zero-order chi connectivity index (χ0) is 13.4. The molecular formula is C13H19NO4. The Kier molecular flexibility index (Phi) is 6.00. The monoisotopic (exact) mass is 253 g/mol. The van der Waals surface area contributed by atoms with E-state index in [1.165, 1.54) is 0 Å². The predicted molar refractivity (Wildman–Crippen MR) is 67.8 cm³/mol. The maximum Gasteiger partial charge on any atom is 0.258 e. The van der Waals surface area contributed by atoms with E-state index in [2.05, 4.69) is 5.32 Å². The normalized spacial score (nSPS) is 11.7. The van der Waals surface area contributed by atoms with Gasteiger partial charge in [-0.2, -0.15) is 0 Å². The number of para-hydroxylation sites is 2. The van der Waals surface area contributed by atoms with E-state index < -0.39 is 0 Å². The topological polar surface area (TPSA) is 67.8 Å². The second-order valence-electron chi connectivity index (χ2n) is 3.79. The van der Waals surface area contributed by atoms with E-state index in [-0.39, 0.29) is 25.2 Å². The Balaban J connectivity index is 2.47. The molecule has 0 aliphatic carbocycles. The summed E-state index contributed by atoms with van der Waals surface area (Å²) in [5.74, 6) is 0.841. The third-order valence-corrected chi connectivity index (χ3v) is 2.51. The lowest BCUT2D eigenvalue weighted by Gasteiger charge is -2.15. The highest BCUT2D eigenvalue weighted by Crippen LogP contribution is 2.25. The fourth-order valence-corrected chi connectivity index (χ4v) is 1.43. The van der Waals surface area contributed by atoms with Crippen LogP contribution in [0, 0.1) is 0 Å². The molecule has 1 amide bonds. The lowest BCUT2D eigenvalue weighted by Crippen LogP contribution is -2.39. The average Bonchev–Trinajstić information content (AvgIpc) is 2.42. The van der Waals surface area contributed by atoms with E-state index in [1.54, 1.807) is 25.3 Å². The minimum atomic E-state index is -0.262. The number of ether oxygens (including phenoxy) is 2. The summed E-state index contributed by atoms with van der Waals surface area (Å²) in [5.41, 5.74) is 0. The van der Waals surface area contributed by atoms with Crippen LogP contribution in [0.4, 0.5) is 0 Å². The lowest BCUT2D eigenvalue weighted by molar-refractivity contribution is -0.124. The van der Waals surface area contributed by atoms with Gasteiger partial charge in [-0.15, -0.1) is 0 Å². The summed E-state index contributed by atoms with van der Waals surface area (Å²) in [6.07, 6.45) is 0.677. The number of aliphatic hydroxyl groups is 1. The van der Waals surface area contributed by atoms with Gasteiger partial charge in [0, 0.05) is 0 Å². The number of hydrogen-bond acceptors (Lipinski definition) is 4.